The molecule has 0 saturated carbocycles. The number of hydrogen-bond donors (Lipinski definition) is 0. The van der Waals surface area contributed by atoms with Gasteiger partial charge in [0.1, 0.15) is 0 Å². The Morgan fingerprint density at radius 1 is 1.36 bits per heavy atom. The highest BCUT2D eigenvalue weighted by atomic mass is 31.1. The Labute approximate surface area is 70.1 Å². The Kier molecular flexibility index (Phi) is 2.84. The summed E-state index contributed by atoms with van der Waals surface area (Å²) < 4.78 is 0. The van der Waals surface area contributed by atoms with Crippen molar-refractivity contribution in [3.05, 3.63) is 41.7 Å². The van der Waals surface area contributed by atoms with E-state index in [-0.39, 0.29) is 0 Å². The smallest absolute Gasteiger partial charge is 0.0203 e. The van der Waals surface area contributed by atoms with E-state index >= 15 is 0 Å². The van der Waals surface area contributed by atoms with Crippen LogP contribution in [0.1, 0.15) is 11.1 Å². The highest BCUT2D eigenvalue weighted by Crippen LogP contribution is 2.14. The fourth-order valence-corrected chi connectivity index (χ4v) is 1.78. The van der Waals surface area contributed by atoms with Crippen LogP contribution in [0.5, 0.6) is 0 Å². The van der Waals surface area contributed by atoms with E-state index in [1.165, 1.54) is 16.4 Å². The number of aryl methyl sites for hydroxylation is 2. The van der Waals surface area contributed by atoms with Gasteiger partial charge in [-0.15, -0.1) is 0 Å². The second-order valence-electron chi connectivity index (χ2n) is 2.67. The van der Waals surface area contributed by atoms with Gasteiger partial charge in [-0.1, -0.05) is 44.7 Å². The molecule has 58 valence electrons. The standard InChI is InChI=1S/C10H13P/c1-4-11-10-6-5-8(2)7-9(10)3/h4-7,11H,1H2,2-3H3. The van der Waals surface area contributed by atoms with Gasteiger partial charge in [-0.25, -0.2) is 0 Å². The van der Waals surface area contributed by atoms with Crippen molar-refractivity contribution in [2.45, 2.75) is 13.8 Å². The van der Waals surface area contributed by atoms with E-state index in [1.807, 2.05) is 5.82 Å². The van der Waals surface area contributed by atoms with Crippen molar-refractivity contribution in [2.24, 2.45) is 0 Å². The molecule has 1 atom stereocenters. The van der Waals surface area contributed by atoms with E-state index < -0.39 is 0 Å². The maximum absolute atomic E-state index is 3.73. The fourth-order valence-electron chi connectivity index (χ4n) is 1.09. The monoisotopic (exact) mass is 164 g/mol. The predicted molar refractivity (Wildman–Crippen MR) is 54.1 cm³/mol. The Hall–Kier alpha value is -0.610. The molecule has 1 aromatic rings. The zero-order chi connectivity index (χ0) is 8.27. The van der Waals surface area contributed by atoms with Gasteiger partial charge in [0.15, 0.2) is 0 Å². The summed E-state index contributed by atoms with van der Waals surface area (Å²) in [7, 11) is 0.746. The number of hydrogen-bond acceptors (Lipinski definition) is 0. The molecule has 11 heavy (non-hydrogen) atoms. The average Bonchev–Trinajstić information content (AvgIpc) is 1.95. The molecule has 0 aromatic heterocycles. The van der Waals surface area contributed by atoms with Crippen LogP contribution in [0.25, 0.3) is 0 Å². The van der Waals surface area contributed by atoms with E-state index in [2.05, 4.69) is 38.6 Å². The average molecular weight is 164 g/mol. The lowest BCUT2D eigenvalue weighted by Gasteiger charge is -2.02. The van der Waals surface area contributed by atoms with Crippen molar-refractivity contribution < 1.29 is 0 Å². The summed E-state index contributed by atoms with van der Waals surface area (Å²) >= 11 is 0. The number of benzene rings is 1. The van der Waals surface area contributed by atoms with Crippen molar-refractivity contribution >= 4 is 13.9 Å². The molecule has 0 bridgehead atoms. The lowest BCUT2D eigenvalue weighted by atomic mass is 10.2. The molecule has 0 fully saturated rings. The van der Waals surface area contributed by atoms with Crippen LogP contribution in [0.2, 0.25) is 0 Å². The third-order valence-electron chi connectivity index (χ3n) is 1.64. The van der Waals surface area contributed by atoms with E-state index in [0.29, 0.717) is 0 Å². The summed E-state index contributed by atoms with van der Waals surface area (Å²) in [6, 6.07) is 6.55. The Morgan fingerprint density at radius 2 is 2.09 bits per heavy atom. The molecule has 0 amide bonds. The van der Waals surface area contributed by atoms with Gasteiger partial charge < -0.3 is 0 Å². The zero-order valence-corrected chi connectivity index (χ0v) is 8.02. The van der Waals surface area contributed by atoms with Crippen molar-refractivity contribution in [2.75, 3.05) is 0 Å². The third-order valence-corrected chi connectivity index (χ3v) is 2.72. The molecule has 0 radical (unpaired) electrons. The second-order valence-corrected chi connectivity index (χ2v) is 3.90. The number of rotatable bonds is 2. The molecule has 1 aromatic carbocycles. The van der Waals surface area contributed by atoms with Crippen molar-refractivity contribution in [3.63, 3.8) is 0 Å². The molecule has 0 aliphatic heterocycles. The summed E-state index contributed by atoms with van der Waals surface area (Å²) in [6.07, 6.45) is 0. The summed E-state index contributed by atoms with van der Waals surface area (Å²) in [5, 5.41) is 1.41. The van der Waals surface area contributed by atoms with Crippen molar-refractivity contribution in [1.82, 2.24) is 0 Å². The van der Waals surface area contributed by atoms with Crippen molar-refractivity contribution in [1.29, 1.82) is 0 Å². The van der Waals surface area contributed by atoms with Gasteiger partial charge in [0.25, 0.3) is 0 Å². The van der Waals surface area contributed by atoms with Crippen LogP contribution < -0.4 is 5.30 Å². The normalized spacial score (nSPS) is 10.7. The summed E-state index contributed by atoms with van der Waals surface area (Å²) in [4.78, 5) is 0. The fraction of sp³-hybridized carbons (Fsp3) is 0.200. The second kappa shape index (κ2) is 3.69. The van der Waals surface area contributed by atoms with Crippen LogP contribution in [0.15, 0.2) is 30.6 Å². The first kappa shape index (κ1) is 8.49. The lowest BCUT2D eigenvalue weighted by molar-refractivity contribution is 1.41. The van der Waals surface area contributed by atoms with Gasteiger partial charge in [-0.2, -0.15) is 0 Å². The SMILES string of the molecule is C=CPc1ccc(C)cc1C. The Balaban J connectivity index is 2.98. The maximum Gasteiger partial charge on any atom is -0.0203 e. The van der Waals surface area contributed by atoms with Gasteiger partial charge in [-0.05, 0) is 24.7 Å². The van der Waals surface area contributed by atoms with Gasteiger partial charge in [0.2, 0.25) is 0 Å². The predicted octanol–water partition coefficient (Wildman–Crippen LogP) is 2.75. The first-order valence-corrected chi connectivity index (χ1v) is 4.76. The molecule has 0 nitrogen and oxygen atoms in total. The first-order chi connectivity index (χ1) is 5.24. The molecule has 1 unspecified atom stereocenters. The van der Waals surface area contributed by atoms with Gasteiger partial charge in [-0.3, -0.25) is 0 Å². The Bertz CT molecular complexity index is 264. The highest BCUT2D eigenvalue weighted by Gasteiger charge is 1.94. The van der Waals surface area contributed by atoms with Crippen LogP contribution in [0.4, 0.5) is 0 Å². The molecule has 0 aliphatic rings. The molecule has 0 N–H and O–H groups in total. The molecule has 0 heterocycles. The first-order valence-electron chi connectivity index (χ1n) is 3.68. The van der Waals surface area contributed by atoms with Gasteiger partial charge in [0, 0.05) is 0 Å². The van der Waals surface area contributed by atoms with Gasteiger partial charge >= 0.3 is 0 Å². The van der Waals surface area contributed by atoms with Crippen molar-refractivity contribution in [3.8, 4) is 0 Å². The summed E-state index contributed by atoms with van der Waals surface area (Å²) in [5.41, 5.74) is 2.71. The quantitative estimate of drug-likeness (QED) is 0.589. The minimum atomic E-state index is 0.746. The van der Waals surface area contributed by atoms with Crippen LogP contribution in [-0.4, -0.2) is 0 Å². The topological polar surface area (TPSA) is 0 Å². The largest absolute Gasteiger partial charge is 0.0985 e. The third kappa shape index (κ3) is 2.17. The molecule has 0 saturated heterocycles. The van der Waals surface area contributed by atoms with Crippen LogP contribution in [0, 0.1) is 13.8 Å². The highest BCUT2D eigenvalue weighted by molar-refractivity contribution is 7.50. The summed E-state index contributed by atoms with van der Waals surface area (Å²) in [6.45, 7) is 8.00. The van der Waals surface area contributed by atoms with E-state index in [4.69, 9.17) is 0 Å². The molecule has 0 spiro atoms. The zero-order valence-electron chi connectivity index (χ0n) is 7.02. The van der Waals surface area contributed by atoms with E-state index in [1.54, 1.807) is 0 Å². The van der Waals surface area contributed by atoms with Gasteiger partial charge in [0.05, 0.1) is 0 Å². The lowest BCUT2D eigenvalue weighted by Crippen LogP contribution is -1.98. The summed E-state index contributed by atoms with van der Waals surface area (Å²) in [5.74, 6) is 1.97. The minimum absolute atomic E-state index is 0.746. The van der Waals surface area contributed by atoms with Crippen LogP contribution in [-0.2, 0) is 0 Å². The minimum Gasteiger partial charge on any atom is -0.0985 e. The molecular weight excluding hydrogens is 151 g/mol. The van der Waals surface area contributed by atoms with Crippen LogP contribution in [0.3, 0.4) is 0 Å². The van der Waals surface area contributed by atoms with E-state index in [0.717, 1.165) is 8.58 Å². The van der Waals surface area contributed by atoms with E-state index in [9.17, 15) is 0 Å². The molecule has 1 rings (SSSR count). The molecule has 0 aliphatic carbocycles. The molecular formula is C10H13P. The Morgan fingerprint density at radius 3 is 2.64 bits per heavy atom. The maximum atomic E-state index is 3.73. The van der Waals surface area contributed by atoms with Crippen LogP contribution >= 0.6 is 8.58 Å². The molecule has 1 heteroatoms.